The summed E-state index contributed by atoms with van der Waals surface area (Å²) in [7, 11) is 0. The van der Waals surface area contributed by atoms with Crippen molar-refractivity contribution in [2.75, 3.05) is 13.1 Å². The minimum atomic E-state index is 0.395. The molecule has 100 valence electrons. The van der Waals surface area contributed by atoms with E-state index in [1.165, 1.54) is 45.2 Å². The van der Waals surface area contributed by atoms with Crippen LogP contribution in [0.4, 0.5) is 0 Å². The highest BCUT2D eigenvalue weighted by atomic mass is 15.3. The number of nitrogens with one attached hydrogen (secondary N) is 1. The predicted molar refractivity (Wildman–Crippen MR) is 74.3 cm³/mol. The van der Waals surface area contributed by atoms with Gasteiger partial charge in [-0.3, -0.25) is 4.90 Å². The van der Waals surface area contributed by atoms with Gasteiger partial charge in [0.2, 0.25) is 0 Å². The fraction of sp³-hybridized carbons (Fsp3) is 1.00. The van der Waals surface area contributed by atoms with Crippen LogP contribution in [0.2, 0.25) is 0 Å². The van der Waals surface area contributed by atoms with E-state index in [1.807, 2.05) is 0 Å². The lowest BCUT2D eigenvalue weighted by atomic mass is 9.88. The van der Waals surface area contributed by atoms with Crippen molar-refractivity contribution < 1.29 is 0 Å². The van der Waals surface area contributed by atoms with Crippen LogP contribution in [0.5, 0.6) is 0 Å². The van der Waals surface area contributed by atoms with Crippen LogP contribution in [0.3, 0.4) is 0 Å². The highest BCUT2D eigenvalue weighted by Gasteiger charge is 2.47. The lowest BCUT2D eigenvalue weighted by Crippen LogP contribution is -2.64. The average molecular weight is 238 g/mol. The highest BCUT2D eigenvalue weighted by Crippen LogP contribution is 2.41. The maximum absolute atomic E-state index is 3.84. The molecule has 1 saturated carbocycles. The molecule has 2 heteroatoms. The molecule has 3 unspecified atom stereocenters. The third-order valence-corrected chi connectivity index (χ3v) is 5.33. The summed E-state index contributed by atoms with van der Waals surface area (Å²) >= 11 is 0. The number of hydrogen-bond donors (Lipinski definition) is 1. The lowest BCUT2D eigenvalue weighted by Gasteiger charge is -2.48. The first-order chi connectivity index (χ1) is 8.19. The standard InChI is InChI=1S/C15H30N2/c1-5-12-9-14(12)17-11-15(7-3,8-4)16-10-13(17)6-2/h12-14,16H,5-11H2,1-4H3. The van der Waals surface area contributed by atoms with Crippen molar-refractivity contribution >= 4 is 0 Å². The van der Waals surface area contributed by atoms with Gasteiger partial charge in [-0.1, -0.05) is 34.1 Å². The smallest absolute Gasteiger partial charge is 0.0304 e. The molecular weight excluding hydrogens is 208 g/mol. The van der Waals surface area contributed by atoms with Crippen molar-refractivity contribution in [3.8, 4) is 0 Å². The quantitative estimate of drug-likeness (QED) is 0.792. The molecule has 2 nitrogen and oxygen atoms in total. The predicted octanol–water partition coefficient (Wildman–Crippen LogP) is 3.03. The van der Waals surface area contributed by atoms with Gasteiger partial charge in [-0.15, -0.1) is 0 Å². The molecule has 1 heterocycles. The lowest BCUT2D eigenvalue weighted by molar-refractivity contribution is 0.0595. The topological polar surface area (TPSA) is 15.3 Å². The van der Waals surface area contributed by atoms with Gasteiger partial charge in [0.1, 0.15) is 0 Å². The molecular formula is C15H30N2. The molecule has 1 aliphatic heterocycles. The zero-order valence-corrected chi connectivity index (χ0v) is 12.1. The Morgan fingerprint density at radius 2 is 1.82 bits per heavy atom. The summed E-state index contributed by atoms with van der Waals surface area (Å²) in [5.74, 6) is 0.994. The van der Waals surface area contributed by atoms with Crippen LogP contribution >= 0.6 is 0 Å². The summed E-state index contributed by atoms with van der Waals surface area (Å²) in [5, 5.41) is 3.84. The molecule has 1 saturated heterocycles. The Hall–Kier alpha value is -0.0800. The van der Waals surface area contributed by atoms with Crippen molar-refractivity contribution in [2.24, 2.45) is 5.92 Å². The van der Waals surface area contributed by atoms with Crippen molar-refractivity contribution in [3.05, 3.63) is 0 Å². The Kier molecular flexibility index (Phi) is 4.14. The van der Waals surface area contributed by atoms with E-state index >= 15 is 0 Å². The van der Waals surface area contributed by atoms with Crippen LogP contribution in [0.25, 0.3) is 0 Å². The molecule has 0 aromatic heterocycles. The van der Waals surface area contributed by atoms with Crippen LogP contribution < -0.4 is 5.32 Å². The summed E-state index contributed by atoms with van der Waals surface area (Å²) in [6.07, 6.45) is 6.65. The fourth-order valence-electron chi connectivity index (χ4n) is 3.55. The normalized spacial score (nSPS) is 37.1. The number of nitrogens with zero attached hydrogens (tertiary/aromatic N) is 1. The largest absolute Gasteiger partial charge is 0.308 e. The maximum atomic E-state index is 3.84. The summed E-state index contributed by atoms with van der Waals surface area (Å²) in [6, 6.07) is 1.69. The third kappa shape index (κ3) is 2.53. The van der Waals surface area contributed by atoms with Gasteiger partial charge < -0.3 is 5.32 Å². The minimum absolute atomic E-state index is 0.395. The number of piperazine rings is 1. The van der Waals surface area contributed by atoms with E-state index < -0.39 is 0 Å². The zero-order valence-electron chi connectivity index (χ0n) is 12.1. The van der Waals surface area contributed by atoms with Crippen LogP contribution in [0, 0.1) is 5.92 Å². The molecule has 3 atom stereocenters. The number of rotatable bonds is 5. The van der Waals surface area contributed by atoms with Gasteiger partial charge in [0.05, 0.1) is 0 Å². The molecule has 0 spiro atoms. The van der Waals surface area contributed by atoms with E-state index in [-0.39, 0.29) is 0 Å². The summed E-state index contributed by atoms with van der Waals surface area (Å²) in [4.78, 5) is 2.84. The number of hydrogen-bond acceptors (Lipinski definition) is 2. The second kappa shape index (κ2) is 5.27. The summed E-state index contributed by atoms with van der Waals surface area (Å²) in [5.41, 5.74) is 0.395. The first-order valence-electron chi connectivity index (χ1n) is 7.70. The van der Waals surface area contributed by atoms with Crippen LogP contribution in [0.1, 0.15) is 59.8 Å². The van der Waals surface area contributed by atoms with Crippen LogP contribution in [0.15, 0.2) is 0 Å². The van der Waals surface area contributed by atoms with Crippen molar-refractivity contribution in [1.29, 1.82) is 0 Å². The summed E-state index contributed by atoms with van der Waals surface area (Å²) < 4.78 is 0. The molecule has 0 amide bonds. The molecule has 0 bridgehead atoms. The summed E-state index contributed by atoms with van der Waals surface area (Å²) in [6.45, 7) is 11.8. The third-order valence-electron chi connectivity index (χ3n) is 5.33. The Labute approximate surface area is 107 Å². The van der Waals surface area contributed by atoms with E-state index in [0.29, 0.717) is 5.54 Å². The molecule has 1 aliphatic carbocycles. The van der Waals surface area contributed by atoms with Gasteiger partial charge in [-0.2, -0.15) is 0 Å². The van der Waals surface area contributed by atoms with E-state index in [2.05, 4.69) is 37.9 Å². The Morgan fingerprint density at radius 3 is 2.29 bits per heavy atom. The van der Waals surface area contributed by atoms with E-state index in [4.69, 9.17) is 0 Å². The van der Waals surface area contributed by atoms with Crippen molar-refractivity contribution in [1.82, 2.24) is 10.2 Å². The molecule has 2 rings (SSSR count). The van der Waals surface area contributed by atoms with Gasteiger partial charge in [0, 0.05) is 30.7 Å². The molecule has 2 aliphatic rings. The van der Waals surface area contributed by atoms with E-state index in [1.54, 1.807) is 0 Å². The monoisotopic (exact) mass is 238 g/mol. The van der Waals surface area contributed by atoms with Gasteiger partial charge in [0.15, 0.2) is 0 Å². The zero-order chi connectivity index (χ0) is 12.5. The van der Waals surface area contributed by atoms with E-state index in [0.717, 1.165) is 18.0 Å². The molecule has 17 heavy (non-hydrogen) atoms. The average Bonchev–Trinajstić information content (AvgIpc) is 3.17. The van der Waals surface area contributed by atoms with Gasteiger partial charge in [0.25, 0.3) is 0 Å². The van der Waals surface area contributed by atoms with Gasteiger partial charge in [-0.25, -0.2) is 0 Å². The molecule has 0 aromatic rings. The highest BCUT2D eigenvalue weighted by molar-refractivity contribution is 5.04. The fourth-order valence-corrected chi connectivity index (χ4v) is 3.55. The second-order valence-electron chi connectivity index (χ2n) is 6.07. The van der Waals surface area contributed by atoms with Crippen LogP contribution in [-0.4, -0.2) is 35.6 Å². The molecule has 2 fully saturated rings. The maximum Gasteiger partial charge on any atom is 0.0304 e. The van der Waals surface area contributed by atoms with Gasteiger partial charge in [-0.05, 0) is 31.6 Å². The van der Waals surface area contributed by atoms with Crippen molar-refractivity contribution in [3.63, 3.8) is 0 Å². The van der Waals surface area contributed by atoms with Gasteiger partial charge >= 0.3 is 0 Å². The molecule has 0 radical (unpaired) electrons. The Bertz CT molecular complexity index is 247. The Balaban J connectivity index is 2.04. The van der Waals surface area contributed by atoms with Crippen molar-refractivity contribution in [2.45, 2.75) is 77.4 Å². The van der Waals surface area contributed by atoms with E-state index in [9.17, 15) is 0 Å². The minimum Gasteiger partial charge on any atom is -0.308 e. The van der Waals surface area contributed by atoms with Crippen LogP contribution in [-0.2, 0) is 0 Å². The first kappa shape index (κ1) is 13.4. The first-order valence-corrected chi connectivity index (χ1v) is 7.70. The second-order valence-corrected chi connectivity index (χ2v) is 6.07. The molecule has 0 aromatic carbocycles. The Morgan fingerprint density at radius 1 is 1.12 bits per heavy atom. The molecule has 1 N–H and O–H groups in total. The SMILES string of the molecule is CCC1CC1N1CC(CC)(CC)NCC1CC.